The molecule has 23 heavy (non-hydrogen) atoms. The van der Waals surface area contributed by atoms with Gasteiger partial charge in [-0.3, -0.25) is 9.48 Å². The van der Waals surface area contributed by atoms with Gasteiger partial charge in [0.25, 0.3) is 5.91 Å². The number of hydrogen-bond acceptors (Lipinski definition) is 4. The number of aromatic nitrogens is 2. The average Bonchev–Trinajstić information content (AvgIpc) is 2.77. The van der Waals surface area contributed by atoms with Crippen molar-refractivity contribution in [3.05, 3.63) is 41.7 Å². The smallest absolute Gasteiger partial charge is 0.273 e. The highest BCUT2D eigenvalue weighted by Gasteiger charge is 2.30. The van der Waals surface area contributed by atoms with Crippen molar-refractivity contribution < 1.29 is 13.2 Å². The van der Waals surface area contributed by atoms with E-state index in [1.54, 1.807) is 46.0 Å². The van der Waals surface area contributed by atoms with Crippen molar-refractivity contribution in [2.45, 2.75) is 37.3 Å². The molecule has 1 aromatic heterocycles. The Morgan fingerprint density at radius 1 is 1.17 bits per heavy atom. The van der Waals surface area contributed by atoms with Gasteiger partial charge in [-0.2, -0.15) is 5.10 Å². The highest BCUT2D eigenvalue weighted by Crippen LogP contribution is 2.25. The van der Waals surface area contributed by atoms with Gasteiger partial charge in [-0.1, -0.05) is 0 Å². The number of nitrogens with one attached hydrogen (secondary N) is 1. The summed E-state index contributed by atoms with van der Waals surface area (Å²) >= 11 is 0. The monoisotopic (exact) mass is 335 g/mol. The van der Waals surface area contributed by atoms with Crippen LogP contribution in [0.5, 0.6) is 0 Å². The first-order valence-corrected chi connectivity index (χ1v) is 8.67. The van der Waals surface area contributed by atoms with Crippen molar-refractivity contribution in [2.24, 2.45) is 7.05 Å². The van der Waals surface area contributed by atoms with E-state index in [0.29, 0.717) is 11.4 Å². The number of benzene rings is 1. The van der Waals surface area contributed by atoms with Gasteiger partial charge in [0.15, 0.2) is 9.84 Å². The summed E-state index contributed by atoms with van der Waals surface area (Å²) < 4.78 is 25.3. The molecule has 2 aromatic rings. The molecule has 1 amide bonds. The molecule has 2 rings (SSSR count). The Bertz CT molecular complexity index is 828. The molecule has 7 heteroatoms. The number of carbonyl (C=O) groups is 1. The lowest BCUT2D eigenvalue weighted by atomic mass is 10.3. The molecule has 0 aliphatic carbocycles. The van der Waals surface area contributed by atoms with Gasteiger partial charge in [0, 0.05) is 12.7 Å². The first-order chi connectivity index (χ1) is 10.5. The summed E-state index contributed by atoms with van der Waals surface area (Å²) in [6.07, 6.45) is 0. The van der Waals surface area contributed by atoms with Crippen LogP contribution in [-0.4, -0.2) is 28.9 Å². The van der Waals surface area contributed by atoms with Crippen molar-refractivity contribution in [3.8, 4) is 0 Å². The van der Waals surface area contributed by atoms with Gasteiger partial charge in [-0.05, 0) is 58.0 Å². The minimum absolute atomic E-state index is 0.236. The summed E-state index contributed by atoms with van der Waals surface area (Å²) in [6, 6.07) is 7.86. The normalized spacial score (nSPS) is 12.2. The van der Waals surface area contributed by atoms with E-state index in [0.717, 1.165) is 5.69 Å². The molecule has 0 spiro atoms. The van der Waals surface area contributed by atoms with Gasteiger partial charge in [-0.25, -0.2) is 8.42 Å². The lowest BCUT2D eigenvalue weighted by Gasteiger charge is -2.19. The molecule has 0 fully saturated rings. The van der Waals surface area contributed by atoms with E-state index in [1.165, 1.54) is 16.8 Å². The van der Waals surface area contributed by atoms with Crippen LogP contribution in [0.25, 0.3) is 0 Å². The Kier molecular flexibility index (Phi) is 4.34. The van der Waals surface area contributed by atoms with Gasteiger partial charge in [0.05, 0.1) is 15.3 Å². The maximum atomic E-state index is 12.4. The summed E-state index contributed by atoms with van der Waals surface area (Å²) in [5, 5.41) is 6.86. The van der Waals surface area contributed by atoms with E-state index in [-0.39, 0.29) is 10.8 Å². The zero-order chi connectivity index (χ0) is 17.4. The maximum absolute atomic E-state index is 12.4. The van der Waals surface area contributed by atoms with Crippen molar-refractivity contribution >= 4 is 21.4 Å². The van der Waals surface area contributed by atoms with E-state index in [4.69, 9.17) is 0 Å². The lowest BCUT2D eigenvalue weighted by Crippen LogP contribution is -2.27. The van der Waals surface area contributed by atoms with E-state index in [1.807, 2.05) is 6.92 Å². The number of rotatable bonds is 3. The number of nitrogens with zero attached hydrogens (tertiary/aromatic N) is 2. The second-order valence-electron chi connectivity index (χ2n) is 6.39. The largest absolute Gasteiger partial charge is 0.321 e. The first kappa shape index (κ1) is 17.2. The molecule has 1 heterocycles. The summed E-state index contributed by atoms with van der Waals surface area (Å²) in [5.74, 6) is -0.292. The van der Waals surface area contributed by atoms with E-state index in [9.17, 15) is 13.2 Å². The minimum atomic E-state index is -3.40. The first-order valence-electron chi connectivity index (χ1n) is 7.19. The van der Waals surface area contributed by atoms with Crippen LogP contribution in [0, 0.1) is 6.92 Å². The molecule has 1 N–H and O–H groups in total. The van der Waals surface area contributed by atoms with Gasteiger partial charge in [0.2, 0.25) is 0 Å². The molecular weight excluding hydrogens is 314 g/mol. The summed E-state index contributed by atoms with van der Waals surface area (Å²) in [5.41, 5.74) is 1.72. The fourth-order valence-electron chi connectivity index (χ4n) is 2.09. The number of carbonyl (C=O) groups excluding carboxylic acids is 1. The average molecular weight is 335 g/mol. The molecule has 6 nitrogen and oxygen atoms in total. The van der Waals surface area contributed by atoms with Crippen LogP contribution in [-0.2, 0) is 16.9 Å². The summed E-state index contributed by atoms with van der Waals surface area (Å²) in [7, 11) is -1.71. The fourth-order valence-corrected chi connectivity index (χ4v) is 3.29. The van der Waals surface area contributed by atoms with Crippen molar-refractivity contribution in [3.63, 3.8) is 0 Å². The second-order valence-corrected chi connectivity index (χ2v) is 9.09. The zero-order valence-corrected chi connectivity index (χ0v) is 14.7. The zero-order valence-electron chi connectivity index (χ0n) is 13.9. The number of aryl methyl sites for hydroxylation is 2. The maximum Gasteiger partial charge on any atom is 0.273 e. The standard InChI is InChI=1S/C16H21N3O3S/c1-11-10-14(19(5)18-11)15(20)17-12-6-8-13(9-7-12)23(21,22)16(2,3)4/h6-10H,1-5H3,(H,17,20). The Morgan fingerprint density at radius 2 is 1.74 bits per heavy atom. The molecule has 0 atom stereocenters. The van der Waals surface area contributed by atoms with Gasteiger partial charge >= 0.3 is 0 Å². The van der Waals surface area contributed by atoms with Crippen molar-refractivity contribution in [2.75, 3.05) is 5.32 Å². The third-order valence-electron chi connectivity index (χ3n) is 3.46. The Morgan fingerprint density at radius 3 is 2.17 bits per heavy atom. The third-order valence-corrected chi connectivity index (χ3v) is 5.97. The predicted molar refractivity (Wildman–Crippen MR) is 89.3 cm³/mol. The molecule has 124 valence electrons. The van der Waals surface area contributed by atoms with Crippen LogP contribution in [0.4, 0.5) is 5.69 Å². The van der Waals surface area contributed by atoms with Gasteiger partial charge in [-0.15, -0.1) is 0 Å². The van der Waals surface area contributed by atoms with E-state index in [2.05, 4.69) is 10.4 Å². The quantitative estimate of drug-likeness (QED) is 0.934. The van der Waals surface area contributed by atoms with Crippen molar-refractivity contribution in [1.29, 1.82) is 0 Å². The SMILES string of the molecule is Cc1cc(C(=O)Nc2ccc(S(=O)(=O)C(C)(C)C)cc2)n(C)n1. The molecule has 0 unspecified atom stereocenters. The van der Waals surface area contributed by atoms with Gasteiger partial charge < -0.3 is 5.32 Å². The van der Waals surface area contributed by atoms with E-state index < -0.39 is 14.6 Å². The molecule has 0 aliphatic rings. The fraction of sp³-hybridized carbons (Fsp3) is 0.375. The molecule has 0 bridgehead atoms. The molecular formula is C16H21N3O3S. The number of amides is 1. The Balaban J connectivity index is 2.21. The highest BCUT2D eigenvalue weighted by molar-refractivity contribution is 7.92. The third kappa shape index (κ3) is 3.44. The molecule has 0 saturated carbocycles. The number of anilines is 1. The highest BCUT2D eigenvalue weighted by atomic mass is 32.2. The van der Waals surface area contributed by atoms with Crippen LogP contribution in [0.1, 0.15) is 37.0 Å². The number of sulfone groups is 1. The topological polar surface area (TPSA) is 81.1 Å². The van der Waals surface area contributed by atoms with Gasteiger partial charge in [0.1, 0.15) is 5.69 Å². The molecule has 1 aromatic carbocycles. The van der Waals surface area contributed by atoms with Crippen LogP contribution >= 0.6 is 0 Å². The Hall–Kier alpha value is -2.15. The van der Waals surface area contributed by atoms with Crippen molar-refractivity contribution in [1.82, 2.24) is 9.78 Å². The van der Waals surface area contributed by atoms with Crippen LogP contribution in [0.2, 0.25) is 0 Å². The second kappa shape index (κ2) is 5.81. The van der Waals surface area contributed by atoms with Crippen LogP contribution in [0.15, 0.2) is 35.2 Å². The molecule has 0 radical (unpaired) electrons. The van der Waals surface area contributed by atoms with E-state index >= 15 is 0 Å². The minimum Gasteiger partial charge on any atom is -0.321 e. The summed E-state index contributed by atoms with van der Waals surface area (Å²) in [6.45, 7) is 6.78. The number of hydrogen-bond donors (Lipinski definition) is 1. The molecule has 0 aliphatic heterocycles. The van der Waals surface area contributed by atoms with Crippen LogP contribution < -0.4 is 5.32 Å². The molecule has 0 saturated heterocycles. The van der Waals surface area contributed by atoms with Crippen LogP contribution in [0.3, 0.4) is 0 Å². The Labute approximate surface area is 136 Å². The lowest BCUT2D eigenvalue weighted by molar-refractivity contribution is 0.101. The predicted octanol–water partition coefficient (Wildman–Crippen LogP) is 2.55. The summed E-state index contributed by atoms with van der Waals surface area (Å²) in [4.78, 5) is 12.4.